The number of sulfone groups is 1. The number of aliphatic carboxylic acids is 1. The summed E-state index contributed by atoms with van der Waals surface area (Å²) in [6.07, 6.45) is 1.02. The fourth-order valence-electron chi connectivity index (χ4n) is 1.40. The number of carboxylic acid groups (broad SMARTS) is 1. The van der Waals surface area contributed by atoms with Gasteiger partial charge in [0.25, 0.3) is 0 Å². The Morgan fingerprint density at radius 1 is 1.30 bits per heavy atom. The van der Waals surface area contributed by atoms with E-state index in [0.717, 1.165) is 11.5 Å². The van der Waals surface area contributed by atoms with Crippen molar-refractivity contribution in [3.63, 3.8) is 0 Å². The van der Waals surface area contributed by atoms with E-state index >= 15 is 0 Å². The highest BCUT2D eigenvalue weighted by Crippen LogP contribution is 2.10. The van der Waals surface area contributed by atoms with Gasteiger partial charge in [-0.05, 0) is 18.6 Å². The van der Waals surface area contributed by atoms with E-state index in [9.17, 15) is 18.0 Å². The zero-order valence-electron chi connectivity index (χ0n) is 10.8. The minimum atomic E-state index is -3.71. The average Bonchev–Trinajstić information content (AvgIpc) is 2.43. The molecule has 1 rings (SSSR count). The zero-order chi connectivity index (χ0) is 15.2. The van der Waals surface area contributed by atoms with Gasteiger partial charge in [0.2, 0.25) is 5.91 Å². The van der Waals surface area contributed by atoms with Gasteiger partial charge in [0.15, 0.2) is 9.84 Å². The van der Waals surface area contributed by atoms with Gasteiger partial charge in [0.1, 0.15) is 6.04 Å². The highest BCUT2D eigenvalue weighted by atomic mass is 32.2. The summed E-state index contributed by atoms with van der Waals surface area (Å²) in [7, 11) is -3.71. The lowest BCUT2D eigenvalue weighted by Crippen LogP contribution is -2.39. The Morgan fingerprint density at radius 3 is 2.40 bits per heavy atom. The zero-order valence-corrected chi connectivity index (χ0v) is 11.6. The largest absolute Gasteiger partial charge is 0.480 e. The van der Waals surface area contributed by atoms with Crippen LogP contribution in [0.2, 0.25) is 0 Å². The molecule has 6 nitrogen and oxygen atoms in total. The molecule has 0 bridgehead atoms. The molecule has 7 heteroatoms. The van der Waals surface area contributed by atoms with E-state index in [0.29, 0.717) is 0 Å². The van der Waals surface area contributed by atoms with Crippen molar-refractivity contribution in [2.45, 2.75) is 24.3 Å². The minimum absolute atomic E-state index is 0.0642. The highest BCUT2D eigenvalue weighted by molar-refractivity contribution is 7.94. The highest BCUT2D eigenvalue weighted by Gasteiger charge is 2.17. The number of rotatable bonds is 6. The van der Waals surface area contributed by atoms with E-state index in [1.165, 1.54) is 12.1 Å². The summed E-state index contributed by atoms with van der Waals surface area (Å²) in [4.78, 5) is 22.3. The van der Waals surface area contributed by atoms with Crippen molar-refractivity contribution in [3.05, 3.63) is 41.8 Å². The number of carbonyl (C=O) groups is 2. The van der Waals surface area contributed by atoms with Crippen LogP contribution in [0.15, 0.2) is 46.7 Å². The Bertz CT molecular complexity index is 607. The van der Waals surface area contributed by atoms with E-state index in [2.05, 4.69) is 5.32 Å². The predicted octanol–water partition coefficient (Wildman–Crippen LogP) is 0.953. The van der Waals surface area contributed by atoms with Crippen molar-refractivity contribution in [3.8, 4) is 0 Å². The van der Waals surface area contributed by atoms with Crippen molar-refractivity contribution in [2.24, 2.45) is 0 Å². The van der Waals surface area contributed by atoms with Gasteiger partial charge in [-0.2, -0.15) is 0 Å². The second kappa shape index (κ2) is 6.85. The molecule has 0 aliphatic heterocycles. The van der Waals surface area contributed by atoms with Gasteiger partial charge in [-0.25, -0.2) is 13.2 Å². The second-order valence-electron chi connectivity index (χ2n) is 3.97. The maximum atomic E-state index is 11.8. The Kier molecular flexibility index (Phi) is 5.45. The Balaban J connectivity index is 2.77. The van der Waals surface area contributed by atoms with Gasteiger partial charge < -0.3 is 10.4 Å². The molecule has 0 aliphatic rings. The SMILES string of the molecule is CC[C@H](NC(=O)/C=C/S(=O)(=O)c1ccccc1)C(=O)O. The topological polar surface area (TPSA) is 101 Å². The second-order valence-corrected chi connectivity index (χ2v) is 5.80. The van der Waals surface area contributed by atoms with Crippen LogP contribution in [0, 0.1) is 0 Å². The van der Waals surface area contributed by atoms with Crippen LogP contribution in [-0.4, -0.2) is 31.4 Å². The summed E-state index contributed by atoms with van der Waals surface area (Å²) in [5.41, 5.74) is 0. The van der Waals surface area contributed by atoms with E-state index < -0.39 is 27.8 Å². The molecular weight excluding hydrogens is 282 g/mol. The first-order valence-corrected chi connectivity index (χ1v) is 7.43. The summed E-state index contributed by atoms with van der Waals surface area (Å²) in [5.74, 6) is -1.93. The molecule has 1 atom stereocenters. The van der Waals surface area contributed by atoms with Crippen LogP contribution in [0.25, 0.3) is 0 Å². The molecule has 0 radical (unpaired) electrons. The third-order valence-electron chi connectivity index (χ3n) is 2.49. The van der Waals surface area contributed by atoms with Gasteiger partial charge in [-0.15, -0.1) is 0 Å². The average molecular weight is 297 g/mol. The lowest BCUT2D eigenvalue weighted by Gasteiger charge is -2.09. The first-order chi connectivity index (χ1) is 9.36. The molecule has 2 N–H and O–H groups in total. The summed E-state index contributed by atoms with van der Waals surface area (Å²) >= 11 is 0. The molecule has 0 aliphatic carbocycles. The molecule has 0 spiro atoms. The van der Waals surface area contributed by atoms with Gasteiger partial charge >= 0.3 is 5.97 Å². The molecule has 0 saturated carbocycles. The molecule has 0 unspecified atom stereocenters. The third-order valence-corrected chi connectivity index (χ3v) is 3.92. The monoisotopic (exact) mass is 297 g/mol. The molecule has 1 amide bonds. The summed E-state index contributed by atoms with van der Waals surface area (Å²) in [6.45, 7) is 1.60. The molecule has 20 heavy (non-hydrogen) atoms. The van der Waals surface area contributed by atoms with E-state index in [-0.39, 0.29) is 11.3 Å². The number of nitrogens with one attached hydrogen (secondary N) is 1. The number of hydrogen-bond acceptors (Lipinski definition) is 4. The van der Waals surface area contributed by atoms with Gasteiger partial charge in [-0.1, -0.05) is 25.1 Å². The fraction of sp³-hybridized carbons (Fsp3) is 0.231. The lowest BCUT2D eigenvalue weighted by molar-refractivity contribution is -0.141. The lowest BCUT2D eigenvalue weighted by atomic mass is 10.2. The van der Waals surface area contributed by atoms with E-state index in [4.69, 9.17) is 5.11 Å². The quantitative estimate of drug-likeness (QED) is 0.761. The molecule has 0 heterocycles. The van der Waals surface area contributed by atoms with Gasteiger partial charge in [-0.3, -0.25) is 4.79 Å². The molecule has 0 fully saturated rings. The number of carboxylic acids is 1. The maximum Gasteiger partial charge on any atom is 0.326 e. The van der Waals surface area contributed by atoms with Crippen LogP contribution in [0.5, 0.6) is 0 Å². The van der Waals surface area contributed by atoms with Crippen LogP contribution in [0.3, 0.4) is 0 Å². The maximum absolute atomic E-state index is 11.8. The molecule has 0 saturated heterocycles. The number of benzene rings is 1. The van der Waals surface area contributed by atoms with Crippen LogP contribution in [0.1, 0.15) is 13.3 Å². The van der Waals surface area contributed by atoms with Gasteiger partial charge in [0.05, 0.1) is 4.90 Å². The van der Waals surface area contributed by atoms with Gasteiger partial charge in [0, 0.05) is 11.5 Å². The summed E-state index contributed by atoms with van der Waals surface area (Å²) in [6, 6.07) is 6.59. The standard InChI is InChI=1S/C13H15NO5S/c1-2-11(13(16)17)14-12(15)8-9-20(18,19)10-6-4-3-5-7-10/h3-9,11H,2H2,1H3,(H,14,15)(H,16,17)/b9-8+/t11-/m0/s1. The van der Waals surface area contributed by atoms with E-state index in [1.807, 2.05) is 0 Å². The van der Waals surface area contributed by atoms with Crippen molar-refractivity contribution < 1.29 is 23.1 Å². The normalized spacial score (nSPS) is 13.1. The first kappa shape index (κ1) is 15.9. The van der Waals surface area contributed by atoms with Crippen molar-refractivity contribution in [1.29, 1.82) is 0 Å². The summed E-state index contributed by atoms with van der Waals surface area (Å²) in [5, 5.41) is 11.7. The predicted molar refractivity (Wildman–Crippen MR) is 72.6 cm³/mol. The fourth-order valence-corrected chi connectivity index (χ4v) is 2.39. The Hall–Kier alpha value is -2.15. The van der Waals surface area contributed by atoms with Crippen molar-refractivity contribution in [1.82, 2.24) is 5.32 Å². The van der Waals surface area contributed by atoms with E-state index in [1.54, 1.807) is 25.1 Å². The Morgan fingerprint density at radius 2 is 1.90 bits per heavy atom. The molecular formula is C13H15NO5S. The van der Waals surface area contributed by atoms with Crippen molar-refractivity contribution >= 4 is 21.7 Å². The smallest absolute Gasteiger partial charge is 0.326 e. The molecule has 1 aromatic carbocycles. The number of amides is 1. The summed E-state index contributed by atoms with van der Waals surface area (Å²) < 4.78 is 23.7. The minimum Gasteiger partial charge on any atom is -0.480 e. The van der Waals surface area contributed by atoms with Crippen LogP contribution in [0.4, 0.5) is 0 Å². The molecule has 108 valence electrons. The van der Waals surface area contributed by atoms with Crippen molar-refractivity contribution in [2.75, 3.05) is 0 Å². The van der Waals surface area contributed by atoms with Crippen LogP contribution in [-0.2, 0) is 19.4 Å². The molecule has 1 aromatic rings. The number of carbonyl (C=O) groups excluding carboxylic acids is 1. The van der Waals surface area contributed by atoms with Crippen LogP contribution < -0.4 is 5.32 Å². The third kappa shape index (κ3) is 4.51. The van der Waals surface area contributed by atoms with Crippen LogP contribution >= 0.6 is 0 Å². The first-order valence-electron chi connectivity index (χ1n) is 5.88. The number of hydrogen-bond donors (Lipinski definition) is 2. The Labute approximate surface area is 117 Å². The molecule has 0 aromatic heterocycles.